The van der Waals surface area contributed by atoms with Gasteiger partial charge in [-0.05, 0) is 19.9 Å². The molecule has 0 unspecified atom stereocenters. The van der Waals surface area contributed by atoms with E-state index in [1.165, 1.54) is 0 Å². The van der Waals surface area contributed by atoms with E-state index in [1.807, 2.05) is 0 Å². The third-order valence-electron chi connectivity index (χ3n) is 2.45. The highest BCUT2D eigenvalue weighted by atomic mass is 35.5. The van der Waals surface area contributed by atoms with Crippen LogP contribution < -0.4 is 9.47 Å². The Hall–Kier alpha value is -1.50. The van der Waals surface area contributed by atoms with Gasteiger partial charge in [-0.25, -0.2) is 8.78 Å². The van der Waals surface area contributed by atoms with E-state index in [2.05, 4.69) is 0 Å². The standard InChI is InChI=1S/C13H13ClF4O3/c1-3-20-9-5-7(8(14)6-10(9)21-4-2)11(19)13(17,18)12(15)16/h5-6,12H,3-4H2,1-2H3. The molecule has 21 heavy (non-hydrogen) atoms. The smallest absolute Gasteiger partial charge is 0.368 e. The summed E-state index contributed by atoms with van der Waals surface area (Å²) in [6, 6.07) is 1.97. The molecule has 0 aromatic heterocycles. The Morgan fingerprint density at radius 3 is 2.10 bits per heavy atom. The van der Waals surface area contributed by atoms with Gasteiger partial charge >= 0.3 is 12.3 Å². The fraction of sp³-hybridized carbons (Fsp3) is 0.462. The average molecular weight is 329 g/mol. The van der Waals surface area contributed by atoms with Gasteiger partial charge in [0.05, 0.1) is 18.2 Å². The van der Waals surface area contributed by atoms with Crippen LogP contribution in [0.15, 0.2) is 12.1 Å². The monoisotopic (exact) mass is 328 g/mol. The second kappa shape index (κ2) is 6.98. The van der Waals surface area contributed by atoms with Crippen LogP contribution in [0.2, 0.25) is 5.02 Å². The van der Waals surface area contributed by atoms with Crippen LogP contribution in [-0.2, 0) is 0 Å². The van der Waals surface area contributed by atoms with Crippen LogP contribution in [0.3, 0.4) is 0 Å². The molecule has 1 rings (SSSR count). The molecule has 0 amide bonds. The van der Waals surface area contributed by atoms with Crippen molar-refractivity contribution in [2.75, 3.05) is 13.2 Å². The molecular formula is C13H13ClF4O3. The first kappa shape index (κ1) is 17.6. The molecule has 3 nitrogen and oxygen atoms in total. The molecular weight excluding hydrogens is 316 g/mol. The highest BCUT2D eigenvalue weighted by Gasteiger charge is 2.49. The number of Topliss-reactive ketones (excluding diaryl/α,β-unsaturated/α-hetero) is 1. The molecule has 0 bridgehead atoms. The van der Waals surface area contributed by atoms with Crippen molar-refractivity contribution in [1.82, 2.24) is 0 Å². The van der Waals surface area contributed by atoms with Crippen LogP contribution in [0.1, 0.15) is 24.2 Å². The number of carbonyl (C=O) groups is 1. The van der Waals surface area contributed by atoms with Crippen molar-refractivity contribution in [3.8, 4) is 11.5 Å². The number of ether oxygens (including phenoxy) is 2. The van der Waals surface area contributed by atoms with Gasteiger partial charge in [0.1, 0.15) is 0 Å². The van der Waals surface area contributed by atoms with Gasteiger partial charge in [0.25, 0.3) is 0 Å². The summed E-state index contributed by atoms with van der Waals surface area (Å²) in [5, 5.41) is -0.410. The van der Waals surface area contributed by atoms with E-state index in [1.54, 1.807) is 13.8 Å². The Morgan fingerprint density at radius 1 is 1.19 bits per heavy atom. The molecule has 1 aromatic carbocycles. The van der Waals surface area contributed by atoms with Crippen LogP contribution in [0.4, 0.5) is 17.6 Å². The lowest BCUT2D eigenvalue weighted by Crippen LogP contribution is -2.36. The number of alkyl halides is 4. The van der Waals surface area contributed by atoms with Gasteiger partial charge in [-0.2, -0.15) is 8.78 Å². The first-order chi connectivity index (χ1) is 9.75. The highest BCUT2D eigenvalue weighted by Crippen LogP contribution is 2.37. The second-order valence-corrected chi connectivity index (χ2v) is 4.30. The molecule has 0 N–H and O–H groups in total. The molecule has 0 saturated carbocycles. The van der Waals surface area contributed by atoms with Gasteiger partial charge in [0.2, 0.25) is 5.78 Å². The molecule has 118 valence electrons. The van der Waals surface area contributed by atoms with Gasteiger partial charge < -0.3 is 9.47 Å². The summed E-state index contributed by atoms with van der Waals surface area (Å²) in [5.41, 5.74) is -0.742. The lowest BCUT2D eigenvalue weighted by molar-refractivity contribution is -0.0958. The van der Waals surface area contributed by atoms with E-state index in [-0.39, 0.29) is 24.7 Å². The molecule has 8 heteroatoms. The molecule has 0 spiro atoms. The molecule has 0 aliphatic carbocycles. The molecule has 0 heterocycles. The van der Waals surface area contributed by atoms with Crippen LogP contribution in [0.5, 0.6) is 11.5 Å². The van der Waals surface area contributed by atoms with E-state index >= 15 is 0 Å². The maximum Gasteiger partial charge on any atom is 0.368 e. The number of ketones is 1. The number of hydrogen-bond donors (Lipinski definition) is 0. The zero-order valence-electron chi connectivity index (χ0n) is 11.3. The SMILES string of the molecule is CCOc1cc(Cl)c(C(=O)C(F)(F)C(F)F)cc1OCC. The molecule has 0 fully saturated rings. The van der Waals surface area contributed by atoms with Crippen molar-refractivity contribution in [3.63, 3.8) is 0 Å². The topological polar surface area (TPSA) is 35.5 Å². The van der Waals surface area contributed by atoms with Gasteiger partial charge in [0.15, 0.2) is 11.5 Å². The predicted molar refractivity (Wildman–Crippen MR) is 69.1 cm³/mol. The van der Waals surface area contributed by atoms with E-state index in [0.29, 0.717) is 0 Å². The first-order valence-corrected chi connectivity index (χ1v) is 6.43. The van der Waals surface area contributed by atoms with E-state index in [0.717, 1.165) is 12.1 Å². The van der Waals surface area contributed by atoms with Crippen molar-refractivity contribution in [2.45, 2.75) is 26.2 Å². The van der Waals surface area contributed by atoms with Gasteiger partial charge in [-0.15, -0.1) is 0 Å². The lowest BCUT2D eigenvalue weighted by atomic mass is 10.0. The van der Waals surface area contributed by atoms with Crippen molar-refractivity contribution < 1.29 is 31.8 Å². The van der Waals surface area contributed by atoms with E-state index < -0.39 is 28.7 Å². The number of carbonyl (C=O) groups excluding carboxylic acids is 1. The summed E-state index contributed by atoms with van der Waals surface area (Å²) in [5.74, 6) is -6.76. The third-order valence-corrected chi connectivity index (χ3v) is 2.77. The zero-order valence-corrected chi connectivity index (χ0v) is 12.0. The van der Waals surface area contributed by atoms with E-state index in [4.69, 9.17) is 21.1 Å². The van der Waals surface area contributed by atoms with Crippen molar-refractivity contribution in [1.29, 1.82) is 0 Å². The Bertz CT molecular complexity index is 520. The molecule has 0 radical (unpaired) electrons. The molecule has 0 atom stereocenters. The Labute approximate surface area is 123 Å². The normalized spacial score (nSPS) is 11.6. The van der Waals surface area contributed by atoms with Crippen LogP contribution >= 0.6 is 11.6 Å². The summed E-state index contributed by atoms with van der Waals surface area (Å²) in [6.07, 6.45) is -4.12. The maximum atomic E-state index is 13.1. The van der Waals surface area contributed by atoms with Gasteiger partial charge in [-0.1, -0.05) is 11.6 Å². The van der Waals surface area contributed by atoms with Gasteiger partial charge in [0, 0.05) is 11.6 Å². The summed E-state index contributed by atoms with van der Waals surface area (Å²) >= 11 is 5.71. The molecule has 0 aliphatic heterocycles. The van der Waals surface area contributed by atoms with Crippen LogP contribution in [0, 0.1) is 0 Å². The van der Waals surface area contributed by atoms with Crippen molar-refractivity contribution in [2.24, 2.45) is 0 Å². The largest absolute Gasteiger partial charge is 0.490 e. The molecule has 1 aromatic rings. The molecule has 0 saturated heterocycles. The predicted octanol–water partition coefficient (Wildman–Crippen LogP) is 4.22. The number of hydrogen-bond acceptors (Lipinski definition) is 3. The Morgan fingerprint density at radius 2 is 1.67 bits per heavy atom. The zero-order chi connectivity index (χ0) is 16.2. The van der Waals surface area contributed by atoms with Crippen molar-refractivity contribution in [3.05, 3.63) is 22.7 Å². The van der Waals surface area contributed by atoms with Gasteiger partial charge in [-0.3, -0.25) is 4.79 Å². The highest BCUT2D eigenvalue weighted by molar-refractivity contribution is 6.34. The Kier molecular flexibility index (Phi) is 5.83. The average Bonchev–Trinajstić information content (AvgIpc) is 2.41. The lowest BCUT2D eigenvalue weighted by Gasteiger charge is -2.17. The number of benzene rings is 1. The summed E-state index contributed by atoms with van der Waals surface area (Å²) in [7, 11) is 0. The fourth-order valence-electron chi connectivity index (χ4n) is 1.52. The fourth-order valence-corrected chi connectivity index (χ4v) is 1.76. The third kappa shape index (κ3) is 3.78. The second-order valence-electron chi connectivity index (χ2n) is 3.90. The van der Waals surface area contributed by atoms with E-state index in [9.17, 15) is 22.4 Å². The Balaban J connectivity index is 3.31. The summed E-state index contributed by atoms with van der Waals surface area (Å²) < 4.78 is 61.1. The first-order valence-electron chi connectivity index (χ1n) is 6.05. The van der Waals surface area contributed by atoms with Crippen molar-refractivity contribution >= 4 is 17.4 Å². The van der Waals surface area contributed by atoms with Crippen LogP contribution in [0.25, 0.3) is 0 Å². The molecule has 0 aliphatic rings. The maximum absolute atomic E-state index is 13.1. The minimum absolute atomic E-state index is 0.0165. The quantitative estimate of drug-likeness (QED) is 0.555. The minimum atomic E-state index is -4.82. The number of rotatable bonds is 7. The van der Waals surface area contributed by atoms with Crippen LogP contribution in [-0.4, -0.2) is 31.3 Å². The number of halogens is 5. The minimum Gasteiger partial charge on any atom is -0.490 e. The summed E-state index contributed by atoms with van der Waals surface area (Å²) in [4.78, 5) is 11.5. The summed E-state index contributed by atoms with van der Waals surface area (Å²) in [6.45, 7) is 3.71.